The number of Topliss-reactive ketones (excluding diaryl/α,β-unsaturated/α-hetero) is 1. The van der Waals surface area contributed by atoms with Crippen LogP contribution in [-0.4, -0.2) is 24.1 Å². The van der Waals surface area contributed by atoms with Gasteiger partial charge in [-0.1, -0.05) is 18.2 Å². The Labute approximate surface area is 133 Å². The first-order valence-electron chi connectivity index (χ1n) is 7.59. The second-order valence-electron chi connectivity index (χ2n) is 6.05. The van der Waals surface area contributed by atoms with Crippen LogP contribution in [0.1, 0.15) is 31.7 Å². The third-order valence-electron chi connectivity index (χ3n) is 4.73. The van der Waals surface area contributed by atoms with E-state index in [2.05, 4.69) is 0 Å². The molecule has 0 N–H and O–H groups in total. The first-order chi connectivity index (χ1) is 11.1. The molecule has 3 aliphatic rings. The predicted molar refractivity (Wildman–Crippen MR) is 80.6 cm³/mol. The Morgan fingerprint density at radius 1 is 1.17 bits per heavy atom. The minimum Gasteiger partial charge on any atom is -0.489 e. The summed E-state index contributed by atoms with van der Waals surface area (Å²) in [6.45, 7) is 3.49. The van der Waals surface area contributed by atoms with Crippen molar-refractivity contribution in [1.29, 1.82) is 0 Å². The average molecular weight is 312 g/mol. The number of hydrogen-bond acceptors (Lipinski definition) is 5. The predicted octanol–water partition coefficient (Wildman–Crippen LogP) is 2.62. The van der Waals surface area contributed by atoms with Crippen LogP contribution in [-0.2, 0) is 19.1 Å². The van der Waals surface area contributed by atoms with Crippen LogP contribution >= 0.6 is 0 Å². The van der Waals surface area contributed by atoms with Crippen LogP contribution in [0.2, 0.25) is 0 Å². The molecule has 2 heterocycles. The second-order valence-corrected chi connectivity index (χ2v) is 6.05. The van der Waals surface area contributed by atoms with Crippen molar-refractivity contribution in [3.63, 3.8) is 0 Å². The van der Waals surface area contributed by atoms with Gasteiger partial charge in [-0.3, -0.25) is 4.79 Å². The number of carbonyl (C=O) groups is 2. The lowest BCUT2D eigenvalue weighted by Crippen LogP contribution is -2.14. The van der Waals surface area contributed by atoms with Crippen LogP contribution in [0.3, 0.4) is 0 Å². The van der Waals surface area contributed by atoms with Gasteiger partial charge in [0.05, 0.1) is 12.2 Å². The van der Waals surface area contributed by atoms with Crippen molar-refractivity contribution < 1.29 is 23.8 Å². The highest BCUT2D eigenvalue weighted by molar-refractivity contribution is 6.00. The van der Waals surface area contributed by atoms with Gasteiger partial charge in [0.15, 0.2) is 5.78 Å². The van der Waals surface area contributed by atoms with Gasteiger partial charge in [0.1, 0.15) is 11.9 Å². The van der Waals surface area contributed by atoms with E-state index in [1.807, 2.05) is 24.3 Å². The molecule has 1 saturated carbocycles. The zero-order valence-corrected chi connectivity index (χ0v) is 12.9. The molecule has 4 rings (SSSR count). The lowest BCUT2D eigenvalue weighted by atomic mass is 9.94. The Bertz CT molecular complexity index is 773. The lowest BCUT2D eigenvalue weighted by Gasteiger charge is -2.13. The Hall–Kier alpha value is -2.56. The fourth-order valence-corrected chi connectivity index (χ4v) is 3.29. The standard InChI is InChI=1S/C18H16O5/c1-9-10(2)18(23-17(9)20)21-8-12-13(19)7-15-16(12)11-5-3-4-6-14(11)22-15/h3-6,8,15-16,18H,7H2,1-2H3/b12-8-. The largest absolute Gasteiger partial charge is 0.489 e. The highest BCUT2D eigenvalue weighted by atomic mass is 16.7. The van der Waals surface area contributed by atoms with Gasteiger partial charge in [0, 0.05) is 28.7 Å². The van der Waals surface area contributed by atoms with E-state index in [0.717, 1.165) is 16.9 Å². The number of cyclic esters (lactones) is 1. The number of rotatable bonds is 2. The molecule has 0 bridgehead atoms. The number of ketones is 1. The molecule has 2 aliphatic heterocycles. The van der Waals surface area contributed by atoms with E-state index in [9.17, 15) is 9.59 Å². The molecule has 1 aromatic carbocycles. The third kappa shape index (κ3) is 2.07. The molecule has 1 fully saturated rings. The first kappa shape index (κ1) is 14.1. The molecular weight excluding hydrogens is 296 g/mol. The van der Waals surface area contributed by atoms with Crippen LogP contribution in [0.5, 0.6) is 5.75 Å². The van der Waals surface area contributed by atoms with Gasteiger partial charge in [-0.25, -0.2) is 4.79 Å². The van der Waals surface area contributed by atoms with E-state index < -0.39 is 6.29 Å². The van der Waals surface area contributed by atoms with Crippen molar-refractivity contribution in [2.75, 3.05) is 0 Å². The molecule has 3 unspecified atom stereocenters. The normalized spacial score (nSPS) is 30.3. The third-order valence-corrected chi connectivity index (χ3v) is 4.73. The number of hydrogen-bond donors (Lipinski definition) is 0. The van der Waals surface area contributed by atoms with Crippen molar-refractivity contribution >= 4 is 11.8 Å². The minimum absolute atomic E-state index is 0.0113. The number of esters is 1. The number of benzene rings is 1. The number of fused-ring (bicyclic) bond motifs is 3. The monoisotopic (exact) mass is 312 g/mol. The van der Waals surface area contributed by atoms with E-state index in [0.29, 0.717) is 17.6 Å². The van der Waals surface area contributed by atoms with Gasteiger partial charge in [0.25, 0.3) is 6.29 Å². The summed E-state index contributed by atoms with van der Waals surface area (Å²) in [6.07, 6.45) is 0.865. The second kappa shape index (κ2) is 4.98. The molecule has 0 aromatic heterocycles. The van der Waals surface area contributed by atoms with E-state index in [4.69, 9.17) is 14.2 Å². The molecule has 0 spiro atoms. The van der Waals surface area contributed by atoms with Gasteiger partial charge < -0.3 is 14.2 Å². The molecule has 1 aliphatic carbocycles. The topological polar surface area (TPSA) is 61.8 Å². The maximum atomic E-state index is 12.3. The molecule has 23 heavy (non-hydrogen) atoms. The highest BCUT2D eigenvalue weighted by Crippen LogP contribution is 2.48. The van der Waals surface area contributed by atoms with E-state index in [1.165, 1.54) is 6.26 Å². The molecule has 3 atom stereocenters. The number of para-hydroxylation sites is 1. The lowest BCUT2D eigenvalue weighted by molar-refractivity contribution is -0.153. The quantitative estimate of drug-likeness (QED) is 0.477. The Morgan fingerprint density at radius 3 is 2.70 bits per heavy atom. The zero-order valence-electron chi connectivity index (χ0n) is 12.9. The fourth-order valence-electron chi connectivity index (χ4n) is 3.29. The number of ether oxygens (including phenoxy) is 3. The molecule has 5 heteroatoms. The van der Waals surface area contributed by atoms with Crippen LogP contribution in [0.15, 0.2) is 47.2 Å². The van der Waals surface area contributed by atoms with E-state index in [1.54, 1.807) is 13.8 Å². The maximum absolute atomic E-state index is 12.3. The average Bonchev–Trinajstić information content (AvgIpc) is 3.12. The summed E-state index contributed by atoms with van der Waals surface area (Å²) in [4.78, 5) is 23.8. The van der Waals surface area contributed by atoms with Gasteiger partial charge in [-0.2, -0.15) is 0 Å². The SMILES string of the molecule is CC1=C(C)C(O/C=C2/C(=O)CC3Oc4ccccc4C23)OC1=O. The summed E-state index contributed by atoms with van der Waals surface area (Å²) in [5.74, 6) is 0.342. The Balaban J connectivity index is 1.61. The van der Waals surface area contributed by atoms with Crippen LogP contribution in [0.4, 0.5) is 0 Å². The molecular formula is C18H16O5. The first-order valence-corrected chi connectivity index (χ1v) is 7.59. The summed E-state index contributed by atoms with van der Waals surface area (Å²) in [5, 5.41) is 0. The maximum Gasteiger partial charge on any atom is 0.337 e. The fraction of sp³-hybridized carbons (Fsp3) is 0.333. The van der Waals surface area contributed by atoms with Crippen molar-refractivity contribution in [1.82, 2.24) is 0 Å². The van der Waals surface area contributed by atoms with E-state index in [-0.39, 0.29) is 23.8 Å². The van der Waals surface area contributed by atoms with Gasteiger partial charge in [0.2, 0.25) is 0 Å². The van der Waals surface area contributed by atoms with Crippen LogP contribution < -0.4 is 4.74 Å². The van der Waals surface area contributed by atoms with Gasteiger partial charge in [-0.05, 0) is 19.9 Å². The smallest absolute Gasteiger partial charge is 0.337 e. The minimum atomic E-state index is -0.751. The zero-order chi connectivity index (χ0) is 16.1. The van der Waals surface area contributed by atoms with Crippen molar-refractivity contribution in [3.8, 4) is 5.75 Å². The summed E-state index contributed by atoms with van der Waals surface area (Å²) < 4.78 is 16.6. The summed E-state index contributed by atoms with van der Waals surface area (Å²) >= 11 is 0. The summed E-state index contributed by atoms with van der Waals surface area (Å²) in [6, 6.07) is 7.72. The Kier molecular flexibility index (Phi) is 3.04. The molecule has 0 saturated heterocycles. The van der Waals surface area contributed by atoms with Gasteiger partial charge in [-0.15, -0.1) is 0 Å². The molecule has 0 radical (unpaired) electrons. The van der Waals surface area contributed by atoms with Crippen molar-refractivity contribution in [2.24, 2.45) is 0 Å². The van der Waals surface area contributed by atoms with Crippen molar-refractivity contribution in [2.45, 2.75) is 38.6 Å². The van der Waals surface area contributed by atoms with Crippen LogP contribution in [0.25, 0.3) is 0 Å². The highest BCUT2D eigenvalue weighted by Gasteiger charge is 2.46. The molecule has 1 aromatic rings. The number of carbonyl (C=O) groups excluding carboxylic acids is 2. The Morgan fingerprint density at radius 2 is 1.96 bits per heavy atom. The summed E-state index contributed by atoms with van der Waals surface area (Å²) in [7, 11) is 0. The molecule has 118 valence electrons. The van der Waals surface area contributed by atoms with Gasteiger partial charge >= 0.3 is 5.97 Å². The van der Waals surface area contributed by atoms with E-state index >= 15 is 0 Å². The molecule has 5 nitrogen and oxygen atoms in total. The summed E-state index contributed by atoms with van der Waals surface area (Å²) in [5.41, 5.74) is 2.87. The molecule has 0 amide bonds. The van der Waals surface area contributed by atoms with Crippen molar-refractivity contribution in [3.05, 3.63) is 52.8 Å². The van der Waals surface area contributed by atoms with Crippen LogP contribution in [0, 0.1) is 0 Å².